The Kier molecular flexibility index (Phi) is 4.20. The van der Waals surface area contributed by atoms with Crippen LogP contribution < -0.4 is 5.32 Å². The number of aromatic nitrogens is 1. The maximum absolute atomic E-state index is 12.0. The van der Waals surface area contributed by atoms with E-state index < -0.39 is 5.97 Å². The monoisotopic (exact) mass is 302 g/mol. The number of carbonyl (C=O) groups excluding carboxylic acids is 2. The van der Waals surface area contributed by atoms with E-state index in [1.165, 1.54) is 7.11 Å². The number of anilines is 1. The van der Waals surface area contributed by atoms with E-state index in [0.717, 1.165) is 30.4 Å². The molecule has 1 aliphatic carbocycles. The summed E-state index contributed by atoms with van der Waals surface area (Å²) in [7, 11) is 1.32. The van der Waals surface area contributed by atoms with E-state index in [2.05, 4.69) is 10.3 Å². The highest BCUT2D eigenvalue weighted by molar-refractivity contribution is 5.96. The summed E-state index contributed by atoms with van der Waals surface area (Å²) in [4.78, 5) is 28.1. The molecule has 1 aromatic rings. The zero-order valence-corrected chi connectivity index (χ0v) is 12.4. The fourth-order valence-corrected chi connectivity index (χ4v) is 2.39. The first-order valence-electron chi connectivity index (χ1n) is 7.36. The Morgan fingerprint density at radius 3 is 2.82 bits per heavy atom. The third kappa shape index (κ3) is 3.17. The van der Waals surface area contributed by atoms with Gasteiger partial charge in [0.2, 0.25) is 5.91 Å². The molecule has 6 nitrogen and oxygen atoms in total. The van der Waals surface area contributed by atoms with Gasteiger partial charge in [-0.2, -0.15) is 0 Å². The fraction of sp³-hybridized carbons (Fsp3) is 0.438. The maximum atomic E-state index is 12.0. The van der Waals surface area contributed by atoms with Gasteiger partial charge in [-0.3, -0.25) is 4.79 Å². The lowest BCUT2D eigenvalue weighted by Gasteiger charge is -2.16. The molecule has 0 aromatic carbocycles. The van der Waals surface area contributed by atoms with Crippen molar-refractivity contribution in [2.45, 2.75) is 19.3 Å². The van der Waals surface area contributed by atoms with Crippen LogP contribution in [0.5, 0.6) is 0 Å². The summed E-state index contributed by atoms with van der Waals surface area (Å²) in [6.07, 6.45) is 4.50. The van der Waals surface area contributed by atoms with Crippen LogP contribution in [0.15, 0.2) is 18.2 Å². The summed E-state index contributed by atoms with van der Waals surface area (Å²) in [5.41, 5.74) is 1.98. The van der Waals surface area contributed by atoms with Crippen LogP contribution in [0.4, 0.5) is 5.82 Å². The van der Waals surface area contributed by atoms with E-state index in [4.69, 9.17) is 9.47 Å². The lowest BCUT2D eigenvalue weighted by molar-refractivity contribution is -0.117. The van der Waals surface area contributed by atoms with Gasteiger partial charge in [-0.25, -0.2) is 9.78 Å². The van der Waals surface area contributed by atoms with E-state index in [9.17, 15) is 9.59 Å². The molecule has 6 heteroatoms. The van der Waals surface area contributed by atoms with Crippen LogP contribution in [-0.2, 0) is 14.3 Å². The van der Waals surface area contributed by atoms with Crippen molar-refractivity contribution in [2.24, 2.45) is 5.92 Å². The quantitative estimate of drug-likeness (QED) is 0.861. The van der Waals surface area contributed by atoms with Crippen molar-refractivity contribution in [3.8, 4) is 0 Å². The molecule has 0 saturated heterocycles. The Hall–Kier alpha value is -2.21. The minimum Gasteiger partial charge on any atom is -0.464 e. The van der Waals surface area contributed by atoms with Crippen LogP contribution in [0.25, 0.3) is 5.57 Å². The van der Waals surface area contributed by atoms with Gasteiger partial charge < -0.3 is 14.8 Å². The molecule has 116 valence electrons. The van der Waals surface area contributed by atoms with Gasteiger partial charge in [0.15, 0.2) is 5.69 Å². The summed E-state index contributed by atoms with van der Waals surface area (Å²) in [5, 5.41) is 2.75. The highest BCUT2D eigenvalue weighted by Crippen LogP contribution is 2.30. The van der Waals surface area contributed by atoms with Crippen LogP contribution in [0.1, 0.15) is 35.3 Å². The molecule has 1 fully saturated rings. The summed E-state index contributed by atoms with van der Waals surface area (Å²) >= 11 is 0. The average molecular weight is 302 g/mol. The van der Waals surface area contributed by atoms with Crippen LogP contribution in [0, 0.1) is 5.92 Å². The first-order chi connectivity index (χ1) is 10.7. The smallest absolute Gasteiger partial charge is 0.357 e. The van der Waals surface area contributed by atoms with Crippen molar-refractivity contribution in [3.63, 3.8) is 0 Å². The van der Waals surface area contributed by atoms with Gasteiger partial charge >= 0.3 is 5.97 Å². The van der Waals surface area contributed by atoms with Crippen molar-refractivity contribution in [2.75, 3.05) is 25.6 Å². The van der Waals surface area contributed by atoms with Gasteiger partial charge in [-0.1, -0.05) is 6.08 Å². The molecule has 2 aliphatic rings. The number of pyridine rings is 1. The Balaban J connectivity index is 1.90. The van der Waals surface area contributed by atoms with E-state index in [1.54, 1.807) is 12.1 Å². The van der Waals surface area contributed by atoms with Gasteiger partial charge in [-0.15, -0.1) is 0 Å². The van der Waals surface area contributed by atoms with Gasteiger partial charge in [0.1, 0.15) is 5.82 Å². The number of nitrogens with one attached hydrogen (secondary N) is 1. The molecule has 0 unspecified atom stereocenters. The Bertz CT molecular complexity index is 635. The largest absolute Gasteiger partial charge is 0.464 e. The topological polar surface area (TPSA) is 77.5 Å². The summed E-state index contributed by atoms with van der Waals surface area (Å²) in [5.74, 6) is -0.0822. The number of esters is 1. The minimum atomic E-state index is -0.509. The summed E-state index contributed by atoms with van der Waals surface area (Å²) < 4.78 is 10.1. The minimum absolute atomic E-state index is 0.0404. The van der Waals surface area contributed by atoms with Gasteiger partial charge in [0.25, 0.3) is 0 Å². The summed E-state index contributed by atoms with van der Waals surface area (Å²) in [6.45, 7) is 1.14. The van der Waals surface area contributed by atoms with Gasteiger partial charge in [0, 0.05) is 11.5 Å². The van der Waals surface area contributed by atoms with E-state index >= 15 is 0 Å². The number of hydrogen-bond donors (Lipinski definition) is 1. The molecule has 3 rings (SSSR count). The van der Waals surface area contributed by atoms with Crippen molar-refractivity contribution in [3.05, 3.63) is 29.5 Å². The highest BCUT2D eigenvalue weighted by atomic mass is 16.5. The molecule has 1 saturated carbocycles. The molecule has 1 aromatic heterocycles. The van der Waals surface area contributed by atoms with Crippen LogP contribution in [0.2, 0.25) is 0 Å². The molecule has 1 amide bonds. The van der Waals surface area contributed by atoms with E-state index in [-0.39, 0.29) is 17.5 Å². The molecule has 1 aliphatic heterocycles. The molecule has 1 N–H and O–H groups in total. The molecule has 2 heterocycles. The average Bonchev–Trinajstić information content (AvgIpc) is 3.40. The molecular weight excluding hydrogens is 284 g/mol. The number of nitrogens with zero attached hydrogens (tertiary/aromatic N) is 1. The van der Waals surface area contributed by atoms with E-state index in [1.807, 2.05) is 6.08 Å². The molecule has 22 heavy (non-hydrogen) atoms. The predicted octanol–water partition coefficient (Wildman–Crippen LogP) is 2.02. The van der Waals surface area contributed by atoms with Crippen molar-refractivity contribution >= 4 is 23.3 Å². The molecule has 0 atom stereocenters. The second-order valence-corrected chi connectivity index (χ2v) is 5.40. The third-order valence-electron chi connectivity index (χ3n) is 3.78. The second-order valence-electron chi connectivity index (χ2n) is 5.40. The molecule has 0 radical (unpaired) electrons. The number of rotatable bonds is 4. The number of amides is 1. The fourth-order valence-electron chi connectivity index (χ4n) is 2.39. The standard InChI is InChI=1S/C16H18N2O4/c1-21-16(20)14-12(10-6-8-22-9-7-10)4-5-13(17-14)18-15(19)11-2-3-11/h4-6,11H,2-3,7-9H2,1H3,(H,17,18,19). The summed E-state index contributed by atoms with van der Waals surface area (Å²) in [6, 6.07) is 3.53. The first kappa shape index (κ1) is 14.7. The molecule has 0 spiro atoms. The number of ether oxygens (including phenoxy) is 2. The second kappa shape index (κ2) is 6.27. The third-order valence-corrected chi connectivity index (χ3v) is 3.78. The zero-order valence-electron chi connectivity index (χ0n) is 12.4. The van der Waals surface area contributed by atoms with Crippen LogP contribution >= 0.6 is 0 Å². The SMILES string of the molecule is COC(=O)c1nc(NC(=O)C2CC2)ccc1C1=CCOCC1. The first-order valence-corrected chi connectivity index (χ1v) is 7.36. The van der Waals surface area contributed by atoms with Gasteiger partial charge in [0.05, 0.1) is 20.3 Å². The lowest BCUT2D eigenvalue weighted by atomic mass is 10.00. The van der Waals surface area contributed by atoms with Crippen molar-refractivity contribution < 1.29 is 19.1 Å². The molecular formula is C16H18N2O4. The van der Waals surface area contributed by atoms with E-state index in [0.29, 0.717) is 19.0 Å². The number of methoxy groups -OCH3 is 1. The number of hydrogen-bond acceptors (Lipinski definition) is 5. The zero-order chi connectivity index (χ0) is 15.5. The Morgan fingerprint density at radius 1 is 1.36 bits per heavy atom. The highest BCUT2D eigenvalue weighted by Gasteiger charge is 2.30. The predicted molar refractivity (Wildman–Crippen MR) is 80.3 cm³/mol. The van der Waals surface area contributed by atoms with Gasteiger partial charge in [-0.05, 0) is 37.0 Å². The maximum Gasteiger partial charge on any atom is 0.357 e. The Morgan fingerprint density at radius 2 is 2.18 bits per heavy atom. The molecule has 0 bridgehead atoms. The van der Waals surface area contributed by atoms with Crippen molar-refractivity contribution in [1.82, 2.24) is 4.98 Å². The van der Waals surface area contributed by atoms with Crippen LogP contribution in [0.3, 0.4) is 0 Å². The Labute approximate surface area is 128 Å². The lowest BCUT2D eigenvalue weighted by Crippen LogP contribution is -2.17. The normalized spacial score (nSPS) is 17.6. The number of carbonyl (C=O) groups is 2. The van der Waals surface area contributed by atoms with Crippen molar-refractivity contribution in [1.29, 1.82) is 0 Å². The van der Waals surface area contributed by atoms with Crippen LogP contribution in [-0.4, -0.2) is 37.2 Å².